The van der Waals surface area contributed by atoms with E-state index >= 15 is 0 Å². The molecule has 0 N–H and O–H groups in total. The Morgan fingerprint density at radius 1 is 0.645 bits per heavy atom. The number of anilines is 2. The van der Waals surface area contributed by atoms with Crippen molar-refractivity contribution in [1.29, 1.82) is 0 Å². The second-order valence-corrected chi connectivity index (χ2v) is 9.11. The lowest BCUT2D eigenvalue weighted by molar-refractivity contribution is -0.0435. The molecule has 2 aromatic carbocycles. The number of rotatable bonds is 2. The van der Waals surface area contributed by atoms with Crippen LogP contribution in [0, 0.1) is 0 Å². The van der Waals surface area contributed by atoms with Gasteiger partial charge in [-0.3, -0.25) is 0 Å². The Morgan fingerprint density at radius 2 is 1.19 bits per heavy atom. The van der Waals surface area contributed by atoms with E-state index in [1.165, 1.54) is 12.1 Å². The van der Waals surface area contributed by atoms with Crippen molar-refractivity contribution in [2.75, 3.05) is 4.31 Å². The maximum Gasteiger partial charge on any atom is 0.517 e. The van der Waals surface area contributed by atoms with Crippen molar-refractivity contribution in [3.63, 3.8) is 0 Å². The van der Waals surface area contributed by atoms with Crippen LogP contribution in [0.2, 0.25) is 0 Å². The number of sulfonamides is 1. The van der Waals surface area contributed by atoms with Crippen LogP contribution in [0.3, 0.4) is 0 Å². The Labute approximate surface area is 177 Å². The molecule has 0 unspecified atom stereocenters. The molecule has 3 nitrogen and oxygen atoms in total. The summed E-state index contributed by atoms with van der Waals surface area (Å²) in [6, 6.07) is 26.3. The van der Waals surface area contributed by atoms with Crippen molar-refractivity contribution < 1.29 is 21.6 Å². The van der Waals surface area contributed by atoms with Gasteiger partial charge in [0.2, 0.25) is 0 Å². The highest BCUT2D eigenvalue weighted by atomic mass is 32.2. The molecule has 1 heterocycles. The lowest BCUT2D eigenvalue weighted by Gasteiger charge is -2.37. The molecule has 2 aliphatic carbocycles. The summed E-state index contributed by atoms with van der Waals surface area (Å²) in [7, 11) is -5.64. The zero-order chi connectivity index (χ0) is 21.8. The average Bonchev–Trinajstić information content (AvgIpc) is 2.98. The Morgan fingerprint density at radius 3 is 1.81 bits per heavy atom. The number of alkyl halides is 3. The lowest BCUT2D eigenvalue weighted by atomic mass is 9.80. The highest BCUT2D eigenvalue weighted by Gasteiger charge is 2.53. The molecule has 2 aromatic rings. The first-order valence-electron chi connectivity index (χ1n) is 9.58. The monoisotopic (exact) mass is 439 g/mol. The Balaban J connectivity index is 1.82. The Kier molecular flexibility index (Phi) is 4.34. The second kappa shape index (κ2) is 6.85. The maximum atomic E-state index is 13.6. The Hall–Kier alpha value is -3.32. The zero-order valence-electron chi connectivity index (χ0n) is 16.0. The van der Waals surface area contributed by atoms with Gasteiger partial charge in [0.05, 0.1) is 11.4 Å². The molecule has 0 radical (unpaired) electrons. The van der Waals surface area contributed by atoms with Crippen molar-refractivity contribution in [2.45, 2.75) is 11.4 Å². The van der Waals surface area contributed by atoms with Crippen LogP contribution in [0.25, 0.3) is 11.1 Å². The van der Waals surface area contributed by atoms with Gasteiger partial charge in [0.15, 0.2) is 0 Å². The second-order valence-electron chi connectivity index (χ2n) is 7.33. The molecule has 0 bridgehead atoms. The first kappa shape index (κ1) is 19.6. The highest BCUT2D eigenvalue weighted by molar-refractivity contribution is 7.94. The first-order chi connectivity index (χ1) is 14.8. The molecule has 0 fully saturated rings. The number of fused-ring (bicyclic) bond motifs is 3. The van der Waals surface area contributed by atoms with E-state index in [-0.39, 0.29) is 11.4 Å². The van der Waals surface area contributed by atoms with Gasteiger partial charge in [0.1, 0.15) is 0 Å². The van der Waals surface area contributed by atoms with E-state index in [0.717, 1.165) is 16.7 Å². The standard InChI is InChI=1S/C24H16F3NO2S/c25-24(26,27)31(29,30)28-21-12-6-4-10-19(21)23(20-11-5-7-13-22(20)28)18-15-14-16-8-2-1-3-9-17(16)18/h1-15,23H. The molecule has 1 aliphatic heterocycles. The third-order valence-corrected chi connectivity index (χ3v) is 7.06. The minimum atomic E-state index is -5.64. The van der Waals surface area contributed by atoms with Gasteiger partial charge in [0, 0.05) is 5.92 Å². The maximum absolute atomic E-state index is 13.6. The number of benzene rings is 2. The molecule has 31 heavy (non-hydrogen) atoms. The molecule has 7 heteroatoms. The summed E-state index contributed by atoms with van der Waals surface area (Å²) >= 11 is 0. The van der Waals surface area contributed by atoms with Gasteiger partial charge in [-0.1, -0.05) is 78.9 Å². The van der Waals surface area contributed by atoms with Gasteiger partial charge in [-0.15, -0.1) is 0 Å². The van der Waals surface area contributed by atoms with Crippen LogP contribution >= 0.6 is 0 Å². The molecule has 0 saturated heterocycles. The van der Waals surface area contributed by atoms with Gasteiger partial charge in [-0.25, -0.2) is 4.31 Å². The fraction of sp³-hybridized carbons (Fsp3) is 0.0833. The van der Waals surface area contributed by atoms with E-state index in [1.54, 1.807) is 36.4 Å². The van der Waals surface area contributed by atoms with Crippen molar-refractivity contribution in [2.24, 2.45) is 0 Å². The van der Waals surface area contributed by atoms with Gasteiger partial charge in [0.25, 0.3) is 0 Å². The number of nitrogens with zero attached hydrogens (tertiary/aromatic N) is 1. The summed E-state index contributed by atoms with van der Waals surface area (Å²) in [6.07, 6.45) is 0. The quantitative estimate of drug-likeness (QED) is 0.369. The van der Waals surface area contributed by atoms with E-state index in [4.69, 9.17) is 0 Å². The third kappa shape index (κ3) is 2.91. The van der Waals surface area contributed by atoms with Crippen molar-refractivity contribution in [3.05, 3.63) is 108 Å². The summed E-state index contributed by atoms with van der Waals surface area (Å²) in [5.41, 5.74) is -1.51. The first-order valence-corrected chi connectivity index (χ1v) is 11.0. The van der Waals surface area contributed by atoms with Crippen LogP contribution in [-0.4, -0.2) is 13.9 Å². The highest BCUT2D eigenvalue weighted by Crippen LogP contribution is 2.52. The van der Waals surface area contributed by atoms with Crippen molar-refractivity contribution in [1.82, 2.24) is 0 Å². The molecule has 0 amide bonds. The largest absolute Gasteiger partial charge is 0.517 e. The van der Waals surface area contributed by atoms with E-state index in [9.17, 15) is 21.6 Å². The van der Waals surface area contributed by atoms with Crippen molar-refractivity contribution >= 4 is 21.4 Å². The molecule has 0 spiro atoms. The van der Waals surface area contributed by atoms with Gasteiger partial charge in [-0.2, -0.15) is 21.6 Å². The van der Waals surface area contributed by atoms with Crippen molar-refractivity contribution in [3.8, 4) is 11.1 Å². The number of hydrogen-bond donors (Lipinski definition) is 0. The fourth-order valence-corrected chi connectivity index (χ4v) is 5.38. The summed E-state index contributed by atoms with van der Waals surface area (Å²) in [6.45, 7) is 0. The van der Waals surface area contributed by atoms with Gasteiger partial charge in [-0.05, 0) is 39.9 Å². The molecule has 3 aliphatic rings. The van der Waals surface area contributed by atoms with E-state index in [1.807, 2.05) is 42.5 Å². The number of hydrogen-bond acceptors (Lipinski definition) is 2. The average molecular weight is 439 g/mol. The van der Waals surface area contributed by atoms with Crippen LogP contribution in [0.5, 0.6) is 0 Å². The molecule has 156 valence electrons. The lowest BCUT2D eigenvalue weighted by Crippen LogP contribution is -2.40. The summed E-state index contributed by atoms with van der Waals surface area (Å²) in [4.78, 5) is 0. The molecule has 0 atom stereocenters. The number of para-hydroxylation sites is 2. The minimum Gasteiger partial charge on any atom is -0.230 e. The van der Waals surface area contributed by atoms with E-state index in [2.05, 4.69) is 0 Å². The number of halogens is 3. The molecule has 0 saturated carbocycles. The van der Waals surface area contributed by atoms with Gasteiger partial charge < -0.3 is 0 Å². The van der Waals surface area contributed by atoms with Crippen LogP contribution in [-0.2, 0) is 10.0 Å². The third-order valence-electron chi connectivity index (χ3n) is 5.60. The normalized spacial score (nSPS) is 14.4. The summed E-state index contributed by atoms with van der Waals surface area (Å²) < 4.78 is 66.4. The molecule has 0 aromatic heterocycles. The van der Waals surface area contributed by atoms with E-state index in [0.29, 0.717) is 15.4 Å². The fourth-order valence-electron chi connectivity index (χ4n) is 4.32. The topological polar surface area (TPSA) is 37.4 Å². The van der Waals surface area contributed by atoms with Crippen LogP contribution in [0.1, 0.15) is 22.6 Å². The van der Waals surface area contributed by atoms with Gasteiger partial charge >= 0.3 is 15.5 Å². The molecule has 5 rings (SSSR count). The van der Waals surface area contributed by atoms with Crippen LogP contribution in [0.4, 0.5) is 24.5 Å². The predicted molar refractivity (Wildman–Crippen MR) is 114 cm³/mol. The zero-order valence-corrected chi connectivity index (χ0v) is 16.9. The SMILES string of the molecule is O=S(=O)(N1c2ccccc2C(c2ccc3cccccc2-3)c2ccccc21)C(F)(F)F. The summed E-state index contributed by atoms with van der Waals surface area (Å²) in [5, 5.41) is 0. The Bertz CT molecular complexity index is 1320. The van der Waals surface area contributed by atoms with Crippen LogP contribution < -0.4 is 4.31 Å². The van der Waals surface area contributed by atoms with E-state index < -0.39 is 21.4 Å². The molecular weight excluding hydrogens is 423 g/mol. The minimum absolute atomic E-state index is 0.0122. The predicted octanol–water partition coefficient (Wildman–Crippen LogP) is 6.27. The molecular formula is C24H16F3NO2S. The summed E-state index contributed by atoms with van der Waals surface area (Å²) in [5.74, 6) is -0.410. The van der Waals surface area contributed by atoms with Crippen LogP contribution in [0.15, 0.2) is 91.0 Å². The smallest absolute Gasteiger partial charge is 0.230 e.